The molecular formula is C13H16ClN3O. The van der Waals surface area contributed by atoms with Crippen LogP contribution in [0.3, 0.4) is 0 Å². The van der Waals surface area contributed by atoms with Gasteiger partial charge in [0.2, 0.25) is 0 Å². The fraction of sp³-hybridized carbons (Fsp3) is 0.308. The van der Waals surface area contributed by atoms with E-state index < -0.39 is 0 Å². The fourth-order valence-corrected chi connectivity index (χ4v) is 1.99. The van der Waals surface area contributed by atoms with Gasteiger partial charge in [0.25, 0.3) is 0 Å². The molecule has 1 aromatic carbocycles. The van der Waals surface area contributed by atoms with Crippen molar-refractivity contribution >= 4 is 17.4 Å². The molecule has 2 rings (SSSR count). The highest BCUT2D eigenvalue weighted by atomic mass is 35.5. The highest BCUT2D eigenvalue weighted by molar-refractivity contribution is 6.32. The summed E-state index contributed by atoms with van der Waals surface area (Å²) in [6, 6.07) is 5.39. The molecule has 3 N–H and O–H groups in total. The number of aryl methyl sites for hydroxylation is 1. The van der Waals surface area contributed by atoms with Gasteiger partial charge in [-0.05, 0) is 23.6 Å². The van der Waals surface area contributed by atoms with Crippen LogP contribution in [0.2, 0.25) is 5.02 Å². The molecule has 0 atom stereocenters. The molecule has 0 saturated heterocycles. The van der Waals surface area contributed by atoms with E-state index in [1.165, 1.54) is 0 Å². The average Bonchev–Trinajstić information content (AvgIpc) is 2.62. The zero-order valence-corrected chi connectivity index (χ0v) is 11.4. The van der Waals surface area contributed by atoms with Gasteiger partial charge in [-0.3, -0.25) is 4.68 Å². The van der Waals surface area contributed by atoms with Crippen LogP contribution in [-0.2, 0) is 7.05 Å². The minimum Gasteiger partial charge on any atom is -0.506 e. The molecule has 0 saturated carbocycles. The molecule has 96 valence electrons. The Bertz CT molecular complexity index is 571. The number of phenols is 1. The second-order valence-corrected chi connectivity index (χ2v) is 5.04. The van der Waals surface area contributed by atoms with Gasteiger partial charge in [-0.15, -0.1) is 0 Å². The lowest BCUT2D eigenvalue weighted by molar-refractivity contribution is 0.477. The van der Waals surface area contributed by atoms with Crippen molar-refractivity contribution in [3.05, 3.63) is 28.8 Å². The van der Waals surface area contributed by atoms with Crippen LogP contribution in [0.25, 0.3) is 11.3 Å². The summed E-state index contributed by atoms with van der Waals surface area (Å²) >= 11 is 6.04. The maximum atomic E-state index is 10.0. The fourth-order valence-electron chi connectivity index (χ4n) is 1.76. The van der Waals surface area contributed by atoms with Crippen molar-refractivity contribution in [2.45, 2.75) is 19.8 Å². The van der Waals surface area contributed by atoms with Crippen LogP contribution >= 0.6 is 11.6 Å². The number of nitrogens with two attached hydrogens (primary N) is 1. The highest BCUT2D eigenvalue weighted by Gasteiger charge is 2.15. The second-order valence-electron chi connectivity index (χ2n) is 4.63. The lowest BCUT2D eigenvalue weighted by Gasteiger charge is -2.10. The van der Waals surface area contributed by atoms with Gasteiger partial charge in [-0.1, -0.05) is 25.4 Å². The van der Waals surface area contributed by atoms with Crippen LogP contribution in [0.4, 0.5) is 5.82 Å². The van der Waals surface area contributed by atoms with Gasteiger partial charge in [0.05, 0.1) is 10.7 Å². The van der Waals surface area contributed by atoms with E-state index in [0.717, 1.165) is 5.56 Å². The third kappa shape index (κ3) is 2.16. The largest absolute Gasteiger partial charge is 0.506 e. The predicted molar refractivity (Wildman–Crippen MR) is 73.8 cm³/mol. The number of nitrogens with zero attached hydrogens (tertiary/aromatic N) is 2. The van der Waals surface area contributed by atoms with Gasteiger partial charge in [0.1, 0.15) is 11.6 Å². The molecule has 5 heteroatoms. The molecule has 0 bridgehead atoms. The molecule has 18 heavy (non-hydrogen) atoms. The molecular weight excluding hydrogens is 250 g/mol. The van der Waals surface area contributed by atoms with E-state index in [0.29, 0.717) is 28.0 Å². The Hall–Kier alpha value is -1.68. The molecule has 0 aliphatic rings. The van der Waals surface area contributed by atoms with Crippen molar-refractivity contribution < 1.29 is 5.11 Å². The second kappa shape index (κ2) is 4.53. The standard InChI is InChI=1S/C13H16ClN3O/c1-7(2)8-4-9(13(18)10(14)5-8)11-6-12(15)17(3)16-11/h4-7,18H,15H2,1-3H3. The summed E-state index contributed by atoms with van der Waals surface area (Å²) in [7, 11) is 1.75. The summed E-state index contributed by atoms with van der Waals surface area (Å²) in [5.41, 5.74) is 8.03. The maximum Gasteiger partial charge on any atom is 0.143 e. The Morgan fingerprint density at radius 1 is 1.33 bits per heavy atom. The number of phenolic OH excluding ortho intramolecular Hbond substituents is 1. The summed E-state index contributed by atoms with van der Waals surface area (Å²) in [6.45, 7) is 4.14. The van der Waals surface area contributed by atoms with Gasteiger partial charge in [-0.2, -0.15) is 5.10 Å². The van der Waals surface area contributed by atoms with Crippen LogP contribution in [0.1, 0.15) is 25.3 Å². The molecule has 1 aromatic heterocycles. The molecule has 1 heterocycles. The Morgan fingerprint density at radius 3 is 2.50 bits per heavy atom. The smallest absolute Gasteiger partial charge is 0.143 e. The van der Waals surface area contributed by atoms with E-state index in [1.807, 2.05) is 6.07 Å². The highest BCUT2D eigenvalue weighted by Crippen LogP contribution is 2.38. The Morgan fingerprint density at radius 2 is 2.00 bits per heavy atom. The van der Waals surface area contributed by atoms with Crippen molar-refractivity contribution in [3.63, 3.8) is 0 Å². The zero-order chi connectivity index (χ0) is 13.4. The predicted octanol–water partition coefficient (Wildman–Crippen LogP) is 3.15. The number of halogens is 1. The lowest BCUT2D eigenvalue weighted by atomic mass is 9.99. The van der Waals surface area contributed by atoms with Gasteiger partial charge in [0.15, 0.2) is 0 Å². The summed E-state index contributed by atoms with van der Waals surface area (Å²) in [5, 5.41) is 14.6. The molecule has 2 aromatic rings. The van der Waals surface area contributed by atoms with Gasteiger partial charge >= 0.3 is 0 Å². The number of hydrogen-bond donors (Lipinski definition) is 2. The van der Waals surface area contributed by atoms with Crippen molar-refractivity contribution in [1.82, 2.24) is 9.78 Å². The molecule has 0 fully saturated rings. The van der Waals surface area contributed by atoms with Gasteiger partial charge < -0.3 is 10.8 Å². The molecule has 0 aliphatic heterocycles. The third-order valence-corrected chi connectivity index (χ3v) is 3.23. The van der Waals surface area contributed by atoms with Crippen molar-refractivity contribution in [2.24, 2.45) is 7.05 Å². The number of rotatable bonds is 2. The van der Waals surface area contributed by atoms with E-state index in [9.17, 15) is 5.11 Å². The van der Waals surface area contributed by atoms with E-state index in [1.54, 1.807) is 23.9 Å². The first-order valence-corrected chi connectivity index (χ1v) is 6.10. The van der Waals surface area contributed by atoms with E-state index in [4.69, 9.17) is 17.3 Å². The maximum absolute atomic E-state index is 10.0. The molecule has 0 aliphatic carbocycles. The molecule has 0 spiro atoms. The van der Waals surface area contributed by atoms with Crippen molar-refractivity contribution in [2.75, 3.05) is 5.73 Å². The van der Waals surface area contributed by atoms with Crippen LogP contribution in [0.15, 0.2) is 18.2 Å². The lowest BCUT2D eigenvalue weighted by Crippen LogP contribution is -1.96. The van der Waals surface area contributed by atoms with Crippen LogP contribution in [0, 0.1) is 0 Å². The number of nitrogen functional groups attached to an aromatic ring is 1. The van der Waals surface area contributed by atoms with E-state index in [2.05, 4.69) is 18.9 Å². The Kier molecular flexibility index (Phi) is 3.22. The summed E-state index contributed by atoms with van der Waals surface area (Å²) in [6.07, 6.45) is 0. The summed E-state index contributed by atoms with van der Waals surface area (Å²) < 4.78 is 1.56. The molecule has 0 radical (unpaired) electrons. The zero-order valence-electron chi connectivity index (χ0n) is 10.6. The Balaban J connectivity index is 2.62. The van der Waals surface area contributed by atoms with Crippen LogP contribution in [-0.4, -0.2) is 14.9 Å². The quantitative estimate of drug-likeness (QED) is 0.877. The topological polar surface area (TPSA) is 64.1 Å². The Labute approximate surface area is 111 Å². The number of anilines is 1. The van der Waals surface area contributed by atoms with Gasteiger partial charge in [0, 0.05) is 18.7 Å². The average molecular weight is 266 g/mol. The minimum absolute atomic E-state index is 0.0409. The third-order valence-electron chi connectivity index (χ3n) is 2.94. The monoisotopic (exact) mass is 265 g/mol. The molecule has 4 nitrogen and oxygen atoms in total. The van der Waals surface area contributed by atoms with Crippen molar-refractivity contribution in [1.29, 1.82) is 0 Å². The summed E-state index contributed by atoms with van der Waals surface area (Å²) in [5.74, 6) is 0.901. The van der Waals surface area contributed by atoms with Crippen molar-refractivity contribution in [3.8, 4) is 17.0 Å². The van der Waals surface area contributed by atoms with E-state index >= 15 is 0 Å². The normalized spacial score (nSPS) is 11.2. The first-order valence-electron chi connectivity index (χ1n) is 5.72. The number of hydrogen-bond acceptors (Lipinski definition) is 3. The molecule has 0 unspecified atom stereocenters. The van der Waals surface area contributed by atoms with E-state index in [-0.39, 0.29) is 5.75 Å². The minimum atomic E-state index is 0.0409. The van der Waals surface area contributed by atoms with Crippen LogP contribution < -0.4 is 5.73 Å². The molecule has 0 amide bonds. The van der Waals surface area contributed by atoms with Crippen LogP contribution in [0.5, 0.6) is 5.75 Å². The SMILES string of the molecule is CC(C)c1cc(Cl)c(O)c(-c2cc(N)n(C)n2)c1. The first-order chi connectivity index (χ1) is 8.40. The first kappa shape index (κ1) is 12.8. The summed E-state index contributed by atoms with van der Waals surface area (Å²) in [4.78, 5) is 0. The number of aromatic hydroxyl groups is 1. The number of aromatic nitrogens is 2. The number of benzene rings is 1. The van der Waals surface area contributed by atoms with Gasteiger partial charge in [-0.25, -0.2) is 0 Å².